The molecule has 2 rings (SSSR count). The van der Waals surface area contributed by atoms with Crippen molar-refractivity contribution in [2.75, 3.05) is 0 Å². The first kappa shape index (κ1) is 12.3. The minimum Gasteiger partial charge on any atom is -0.872 e. The summed E-state index contributed by atoms with van der Waals surface area (Å²) in [7, 11) is 0. The van der Waals surface area contributed by atoms with E-state index in [0.29, 0.717) is 0 Å². The van der Waals surface area contributed by atoms with Crippen LogP contribution in [0, 0.1) is 0 Å². The van der Waals surface area contributed by atoms with Crippen LogP contribution < -0.4 is 34.7 Å². The minimum absolute atomic E-state index is 0. The molecule has 0 bridgehead atoms. The summed E-state index contributed by atoms with van der Waals surface area (Å²) < 4.78 is 0. The molecule has 0 aromatic heterocycles. The molecule has 0 unspecified atom stereocenters. The SMILES string of the molecule is [Na+].[O-]c1ccccc1Cc1ccccc1. The molecule has 0 heterocycles. The van der Waals surface area contributed by atoms with Crippen LogP contribution in [-0.4, -0.2) is 0 Å². The summed E-state index contributed by atoms with van der Waals surface area (Å²) in [5.74, 6) is 0.122. The van der Waals surface area contributed by atoms with E-state index in [1.165, 1.54) is 5.56 Å². The monoisotopic (exact) mass is 206 g/mol. The van der Waals surface area contributed by atoms with Crippen molar-refractivity contribution in [3.63, 3.8) is 0 Å². The minimum atomic E-state index is 0. The molecule has 0 spiro atoms. The van der Waals surface area contributed by atoms with E-state index >= 15 is 0 Å². The average molecular weight is 206 g/mol. The maximum Gasteiger partial charge on any atom is 1.00 e. The molecule has 15 heavy (non-hydrogen) atoms. The van der Waals surface area contributed by atoms with Gasteiger partial charge in [0.1, 0.15) is 0 Å². The van der Waals surface area contributed by atoms with Crippen LogP contribution >= 0.6 is 0 Å². The molecule has 0 saturated carbocycles. The van der Waals surface area contributed by atoms with E-state index < -0.39 is 0 Å². The van der Waals surface area contributed by atoms with Crippen LogP contribution in [0.2, 0.25) is 0 Å². The largest absolute Gasteiger partial charge is 1.00 e. The molecule has 2 aromatic rings. The smallest absolute Gasteiger partial charge is 0.872 e. The Balaban J connectivity index is 0.00000112. The molecule has 0 N–H and O–H groups in total. The van der Waals surface area contributed by atoms with Crippen LogP contribution in [-0.2, 0) is 6.42 Å². The summed E-state index contributed by atoms with van der Waals surface area (Å²) in [5.41, 5.74) is 2.04. The van der Waals surface area contributed by atoms with Crippen molar-refractivity contribution in [2.24, 2.45) is 0 Å². The Morgan fingerprint density at radius 1 is 0.800 bits per heavy atom. The molecule has 2 heteroatoms. The second-order valence-electron chi connectivity index (χ2n) is 3.27. The summed E-state index contributed by atoms with van der Waals surface area (Å²) in [6.45, 7) is 0. The predicted octanol–water partition coefficient (Wildman–Crippen LogP) is -0.645. The van der Waals surface area contributed by atoms with Gasteiger partial charge in [-0.2, -0.15) is 0 Å². The van der Waals surface area contributed by atoms with Crippen molar-refractivity contribution in [2.45, 2.75) is 6.42 Å². The van der Waals surface area contributed by atoms with Gasteiger partial charge in [-0.15, -0.1) is 5.75 Å². The Labute approximate surface area is 112 Å². The van der Waals surface area contributed by atoms with Gasteiger partial charge < -0.3 is 5.11 Å². The van der Waals surface area contributed by atoms with Gasteiger partial charge >= 0.3 is 29.6 Å². The number of hydrogen-bond acceptors (Lipinski definition) is 1. The number of hydrogen-bond donors (Lipinski definition) is 0. The third-order valence-electron chi connectivity index (χ3n) is 2.21. The Bertz CT molecular complexity index is 412. The molecule has 0 aliphatic carbocycles. The van der Waals surface area contributed by atoms with Crippen LogP contribution in [0.15, 0.2) is 54.6 Å². The maximum absolute atomic E-state index is 11.4. The van der Waals surface area contributed by atoms with E-state index in [4.69, 9.17) is 0 Å². The molecule has 0 atom stereocenters. The zero-order valence-electron chi connectivity index (χ0n) is 8.81. The van der Waals surface area contributed by atoms with Gasteiger partial charge in [-0.25, -0.2) is 0 Å². The molecule has 0 aliphatic heterocycles. The van der Waals surface area contributed by atoms with Gasteiger partial charge in [-0.1, -0.05) is 60.2 Å². The quantitative estimate of drug-likeness (QED) is 0.599. The summed E-state index contributed by atoms with van der Waals surface area (Å²) in [4.78, 5) is 0. The van der Waals surface area contributed by atoms with Gasteiger partial charge in [0.05, 0.1) is 0 Å². The van der Waals surface area contributed by atoms with Crippen molar-refractivity contribution in [3.05, 3.63) is 65.7 Å². The molecule has 2 aromatic carbocycles. The number of para-hydroxylation sites is 1. The zero-order chi connectivity index (χ0) is 9.80. The van der Waals surface area contributed by atoms with Gasteiger partial charge in [0, 0.05) is 0 Å². The predicted molar refractivity (Wildman–Crippen MR) is 55.1 cm³/mol. The normalized spacial score (nSPS) is 9.33. The summed E-state index contributed by atoms with van der Waals surface area (Å²) in [5, 5.41) is 11.4. The molecule has 1 nitrogen and oxygen atoms in total. The van der Waals surface area contributed by atoms with E-state index in [1.807, 2.05) is 42.5 Å². The van der Waals surface area contributed by atoms with Crippen molar-refractivity contribution >= 4 is 0 Å². The van der Waals surface area contributed by atoms with E-state index in [9.17, 15) is 5.11 Å². The summed E-state index contributed by atoms with van der Waals surface area (Å²) in [6, 6.07) is 17.2. The molecule has 0 fully saturated rings. The van der Waals surface area contributed by atoms with E-state index in [1.54, 1.807) is 12.1 Å². The molecular formula is C13H11NaO. The Kier molecular flexibility index (Phi) is 4.89. The third kappa shape index (κ3) is 3.38. The number of benzene rings is 2. The molecular weight excluding hydrogens is 195 g/mol. The molecule has 0 saturated heterocycles. The average Bonchev–Trinajstić information content (AvgIpc) is 2.23. The van der Waals surface area contributed by atoms with Crippen molar-refractivity contribution < 1.29 is 34.7 Å². The van der Waals surface area contributed by atoms with Crippen LogP contribution in [0.3, 0.4) is 0 Å². The molecule has 70 valence electrons. The van der Waals surface area contributed by atoms with Crippen LogP contribution in [0.1, 0.15) is 11.1 Å². The molecule has 0 aliphatic rings. The van der Waals surface area contributed by atoms with Gasteiger partial charge in [0.15, 0.2) is 0 Å². The Morgan fingerprint density at radius 2 is 1.40 bits per heavy atom. The van der Waals surface area contributed by atoms with Gasteiger partial charge in [0.2, 0.25) is 0 Å². The van der Waals surface area contributed by atoms with Crippen molar-refractivity contribution in [3.8, 4) is 5.75 Å². The Hall–Kier alpha value is -0.760. The Morgan fingerprint density at radius 3 is 2.07 bits per heavy atom. The van der Waals surface area contributed by atoms with Gasteiger partial charge in [0.25, 0.3) is 0 Å². The maximum atomic E-state index is 11.4. The number of rotatable bonds is 2. The summed E-state index contributed by atoms with van der Waals surface area (Å²) in [6.07, 6.45) is 0.723. The second kappa shape index (κ2) is 5.96. The standard InChI is InChI=1S/C13H12O.Na/c14-13-9-5-4-8-12(13)10-11-6-2-1-3-7-11;/h1-9,14H,10H2;/q;+1/p-1. The van der Waals surface area contributed by atoms with Gasteiger partial charge in [-0.3, -0.25) is 0 Å². The fraction of sp³-hybridized carbons (Fsp3) is 0.0769. The summed E-state index contributed by atoms with van der Waals surface area (Å²) >= 11 is 0. The first-order valence-electron chi connectivity index (χ1n) is 4.65. The topological polar surface area (TPSA) is 23.1 Å². The van der Waals surface area contributed by atoms with Crippen molar-refractivity contribution in [1.29, 1.82) is 0 Å². The third-order valence-corrected chi connectivity index (χ3v) is 2.21. The second-order valence-corrected chi connectivity index (χ2v) is 3.27. The fourth-order valence-electron chi connectivity index (χ4n) is 1.47. The van der Waals surface area contributed by atoms with Crippen molar-refractivity contribution in [1.82, 2.24) is 0 Å². The van der Waals surface area contributed by atoms with Gasteiger partial charge in [-0.05, 0) is 12.0 Å². The van der Waals surface area contributed by atoms with Crippen LogP contribution in [0.25, 0.3) is 0 Å². The molecule has 0 radical (unpaired) electrons. The first-order valence-corrected chi connectivity index (χ1v) is 4.65. The zero-order valence-corrected chi connectivity index (χ0v) is 10.8. The van der Waals surface area contributed by atoms with E-state index in [-0.39, 0.29) is 35.3 Å². The van der Waals surface area contributed by atoms with Crippen LogP contribution in [0.5, 0.6) is 5.75 Å². The molecule has 0 amide bonds. The van der Waals surface area contributed by atoms with E-state index in [0.717, 1.165) is 12.0 Å². The van der Waals surface area contributed by atoms with E-state index in [2.05, 4.69) is 0 Å². The van der Waals surface area contributed by atoms with Crippen LogP contribution in [0.4, 0.5) is 0 Å². The fourth-order valence-corrected chi connectivity index (χ4v) is 1.47. The first-order chi connectivity index (χ1) is 6.86.